The van der Waals surface area contributed by atoms with Gasteiger partial charge in [0, 0.05) is 32.1 Å². The molecule has 2 N–H and O–H groups in total. The molecule has 8 nitrogen and oxygen atoms in total. The fraction of sp³-hybridized carbons (Fsp3) is 0.444. The van der Waals surface area contributed by atoms with Crippen molar-refractivity contribution in [2.75, 3.05) is 39.3 Å². The minimum atomic E-state index is -0.876. The zero-order valence-corrected chi connectivity index (χ0v) is 20.3. The Balaban J connectivity index is 1.38. The highest BCUT2D eigenvalue weighted by Crippen LogP contribution is 2.44. The van der Waals surface area contributed by atoms with Gasteiger partial charge in [0.1, 0.15) is 12.6 Å². The third-order valence-corrected chi connectivity index (χ3v) is 7.14. The highest BCUT2D eigenvalue weighted by Gasteiger charge is 2.33. The van der Waals surface area contributed by atoms with Crippen molar-refractivity contribution in [2.45, 2.75) is 32.2 Å². The minimum absolute atomic E-state index is 0.0329. The number of fused-ring (bicyclic) bond motifs is 3. The number of nitrogens with zero attached hydrogens (tertiary/aromatic N) is 2. The van der Waals surface area contributed by atoms with E-state index in [2.05, 4.69) is 29.6 Å². The first-order valence-corrected chi connectivity index (χ1v) is 12.2. The van der Waals surface area contributed by atoms with Crippen LogP contribution in [0.1, 0.15) is 37.3 Å². The summed E-state index contributed by atoms with van der Waals surface area (Å²) in [6.07, 6.45) is 0.119. The summed E-state index contributed by atoms with van der Waals surface area (Å²) < 4.78 is 5.67. The number of piperazine rings is 1. The van der Waals surface area contributed by atoms with Crippen LogP contribution in [0.3, 0.4) is 0 Å². The second-order valence-electron chi connectivity index (χ2n) is 9.33. The molecule has 0 radical (unpaired) electrons. The van der Waals surface area contributed by atoms with Crippen LogP contribution in [-0.4, -0.2) is 78.2 Å². The van der Waals surface area contributed by atoms with Crippen molar-refractivity contribution in [3.8, 4) is 11.1 Å². The predicted molar refractivity (Wildman–Crippen MR) is 132 cm³/mol. The maximum absolute atomic E-state index is 13.3. The molecule has 1 aliphatic carbocycles. The molecule has 0 aromatic heterocycles. The van der Waals surface area contributed by atoms with Crippen molar-refractivity contribution in [3.05, 3.63) is 59.7 Å². The molecule has 0 saturated carbocycles. The van der Waals surface area contributed by atoms with Crippen molar-refractivity contribution in [1.82, 2.24) is 15.1 Å². The van der Waals surface area contributed by atoms with Crippen LogP contribution in [0.5, 0.6) is 0 Å². The molecule has 0 bridgehead atoms. The van der Waals surface area contributed by atoms with Gasteiger partial charge in [-0.1, -0.05) is 68.8 Å². The maximum atomic E-state index is 13.3. The first kappa shape index (κ1) is 24.7. The van der Waals surface area contributed by atoms with Crippen LogP contribution < -0.4 is 5.32 Å². The summed E-state index contributed by atoms with van der Waals surface area (Å²) in [4.78, 5) is 40.6. The number of alkyl carbamates (subject to hydrolysis) is 1. The lowest BCUT2D eigenvalue weighted by Crippen LogP contribution is -2.57. The quantitative estimate of drug-likeness (QED) is 0.604. The van der Waals surface area contributed by atoms with Gasteiger partial charge in [-0.05, 0) is 28.2 Å². The molecule has 1 fully saturated rings. The fourth-order valence-corrected chi connectivity index (χ4v) is 4.96. The number of hydrogen-bond donors (Lipinski definition) is 2. The predicted octanol–water partition coefficient (Wildman–Crippen LogP) is 3.17. The maximum Gasteiger partial charge on any atom is 0.407 e. The molecule has 186 valence electrons. The van der Waals surface area contributed by atoms with E-state index in [4.69, 9.17) is 9.84 Å². The smallest absolute Gasteiger partial charge is 0.407 e. The number of carboxylic acids is 1. The number of benzene rings is 2. The van der Waals surface area contributed by atoms with Crippen LogP contribution in [0.2, 0.25) is 0 Å². The lowest BCUT2D eigenvalue weighted by atomic mass is 9.97. The highest BCUT2D eigenvalue weighted by molar-refractivity contribution is 5.86. The standard InChI is InChI=1S/C27H33N3O5/c1-3-18(2)25(26(33)30-14-12-29(13-15-30)16-24(31)32)28-27(34)35-17-23-21-10-6-4-8-19(21)20-9-5-7-11-22(20)23/h4-11,18,23,25H,3,12-17H2,1-2H3,(H,28,34)(H,31,32). The van der Waals surface area contributed by atoms with Crippen molar-refractivity contribution in [3.63, 3.8) is 0 Å². The Labute approximate surface area is 205 Å². The molecule has 2 amide bonds. The van der Waals surface area contributed by atoms with E-state index in [0.29, 0.717) is 26.2 Å². The van der Waals surface area contributed by atoms with Crippen LogP contribution >= 0.6 is 0 Å². The number of carbonyl (C=O) groups excluding carboxylic acids is 2. The molecule has 2 aliphatic rings. The van der Waals surface area contributed by atoms with Crippen LogP contribution in [0.4, 0.5) is 4.79 Å². The summed E-state index contributed by atoms with van der Waals surface area (Å²) in [5.74, 6) is -1.14. The van der Waals surface area contributed by atoms with E-state index >= 15 is 0 Å². The molecular formula is C27H33N3O5. The Kier molecular flexibility index (Phi) is 7.70. The molecule has 4 rings (SSSR count). The van der Waals surface area contributed by atoms with Gasteiger partial charge < -0.3 is 20.1 Å². The second-order valence-corrected chi connectivity index (χ2v) is 9.33. The summed E-state index contributed by atoms with van der Waals surface area (Å²) in [6, 6.07) is 15.6. The molecule has 1 heterocycles. The average molecular weight is 480 g/mol. The van der Waals surface area contributed by atoms with E-state index in [-0.39, 0.29) is 30.9 Å². The first-order valence-electron chi connectivity index (χ1n) is 12.2. The summed E-state index contributed by atoms with van der Waals surface area (Å²) in [6.45, 7) is 5.94. The monoisotopic (exact) mass is 479 g/mol. The largest absolute Gasteiger partial charge is 0.480 e. The molecule has 0 spiro atoms. The highest BCUT2D eigenvalue weighted by atomic mass is 16.5. The van der Waals surface area contributed by atoms with Crippen LogP contribution in [-0.2, 0) is 14.3 Å². The van der Waals surface area contributed by atoms with Crippen molar-refractivity contribution in [2.24, 2.45) is 5.92 Å². The van der Waals surface area contributed by atoms with Gasteiger partial charge in [-0.15, -0.1) is 0 Å². The molecule has 2 atom stereocenters. The Morgan fingerprint density at radius 1 is 1.00 bits per heavy atom. The number of rotatable bonds is 8. The van der Waals surface area contributed by atoms with Crippen LogP contribution in [0.25, 0.3) is 11.1 Å². The summed E-state index contributed by atoms with van der Waals surface area (Å²) in [5, 5.41) is 11.8. The van der Waals surface area contributed by atoms with Crippen LogP contribution in [0, 0.1) is 5.92 Å². The fourth-order valence-electron chi connectivity index (χ4n) is 4.96. The number of carboxylic acid groups (broad SMARTS) is 1. The van der Waals surface area contributed by atoms with Gasteiger partial charge in [-0.2, -0.15) is 0 Å². The lowest BCUT2D eigenvalue weighted by Gasteiger charge is -2.36. The molecule has 2 unspecified atom stereocenters. The number of hydrogen-bond acceptors (Lipinski definition) is 5. The molecule has 2 aromatic rings. The molecule has 35 heavy (non-hydrogen) atoms. The van der Waals surface area contributed by atoms with E-state index in [0.717, 1.165) is 28.7 Å². The Morgan fingerprint density at radius 3 is 2.11 bits per heavy atom. The third kappa shape index (κ3) is 5.48. The average Bonchev–Trinajstić information content (AvgIpc) is 3.19. The normalized spacial score (nSPS) is 17.3. The van der Waals surface area contributed by atoms with Gasteiger partial charge in [-0.3, -0.25) is 14.5 Å². The van der Waals surface area contributed by atoms with Gasteiger partial charge in [0.2, 0.25) is 5.91 Å². The van der Waals surface area contributed by atoms with Gasteiger partial charge in [0.05, 0.1) is 6.54 Å². The number of amides is 2. The van der Waals surface area contributed by atoms with E-state index < -0.39 is 18.1 Å². The number of aliphatic carboxylic acids is 1. The van der Waals surface area contributed by atoms with Gasteiger partial charge >= 0.3 is 12.1 Å². The van der Waals surface area contributed by atoms with Gasteiger partial charge in [0.25, 0.3) is 0 Å². The van der Waals surface area contributed by atoms with Crippen molar-refractivity contribution < 1.29 is 24.2 Å². The number of ether oxygens (including phenoxy) is 1. The van der Waals surface area contributed by atoms with Gasteiger partial charge in [-0.25, -0.2) is 4.79 Å². The summed E-state index contributed by atoms with van der Waals surface area (Å²) in [7, 11) is 0. The second kappa shape index (κ2) is 10.9. The first-order chi connectivity index (χ1) is 16.9. The topological polar surface area (TPSA) is 99.2 Å². The molecule has 1 aliphatic heterocycles. The van der Waals surface area contributed by atoms with E-state index in [9.17, 15) is 14.4 Å². The Morgan fingerprint density at radius 2 is 1.57 bits per heavy atom. The van der Waals surface area contributed by atoms with Gasteiger partial charge in [0.15, 0.2) is 0 Å². The summed E-state index contributed by atoms with van der Waals surface area (Å²) >= 11 is 0. The number of nitrogens with one attached hydrogen (secondary N) is 1. The Bertz CT molecular complexity index is 1030. The van der Waals surface area contributed by atoms with E-state index in [1.165, 1.54) is 0 Å². The SMILES string of the molecule is CCC(C)C(NC(=O)OCC1c2ccccc2-c2ccccc21)C(=O)N1CCN(CC(=O)O)CC1. The molecule has 8 heteroatoms. The summed E-state index contributed by atoms with van der Waals surface area (Å²) in [5.41, 5.74) is 4.59. The zero-order valence-electron chi connectivity index (χ0n) is 20.3. The lowest BCUT2D eigenvalue weighted by molar-refractivity contribution is -0.140. The molecule has 2 aromatic carbocycles. The van der Waals surface area contributed by atoms with E-state index in [1.54, 1.807) is 4.90 Å². The van der Waals surface area contributed by atoms with Crippen LogP contribution in [0.15, 0.2) is 48.5 Å². The van der Waals surface area contributed by atoms with Crippen molar-refractivity contribution >= 4 is 18.0 Å². The zero-order chi connectivity index (χ0) is 24.9. The Hall–Kier alpha value is -3.39. The third-order valence-electron chi connectivity index (χ3n) is 7.14. The molecule has 1 saturated heterocycles. The number of carbonyl (C=O) groups is 3. The minimum Gasteiger partial charge on any atom is -0.480 e. The van der Waals surface area contributed by atoms with E-state index in [1.807, 2.05) is 43.0 Å². The molecular weight excluding hydrogens is 446 g/mol. The van der Waals surface area contributed by atoms with Crippen molar-refractivity contribution in [1.29, 1.82) is 0 Å².